The molecule has 1 saturated heterocycles. The Bertz CT molecular complexity index is 1090. The lowest BCUT2D eigenvalue weighted by Crippen LogP contribution is -2.29. The van der Waals surface area contributed by atoms with E-state index in [4.69, 9.17) is 16.0 Å². The highest BCUT2D eigenvalue weighted by Crippen LogP contribution is 2.40. The molecule has 0 radical (unpaired) electrons. The molecule has 1 aromatic heterocycles. The van der Waals surface area contributed by atoms with Crippen LogP contribution in [0.2, 0.25) is 5.02 Å². The highest BCUT2D eigenvalue weighted by molar-refractivity contribution is 9.10. The van der Waals surface area contributed by atoms with Crippen LogP contribution in [0, 0.1) is 0 Å². The lowest BCUT2D eigenvalue weighted by molar-refractivity contribution is -0.140. The van der Waals surface area contributed by atoms with E-state index >= 15 is 0 Å². The van der Waals surface area contributed by atoms with Crippen molar-refractivity contribution in [1.29, 1.82) is 0 Å². The molecule has 4 rings (SSSR count). The summed E-state index contributed by atoms with van der Waals surface area (Å²) in [5.41, 5.74) is 1.15. The molecule has 29 heavy (non-hydrogen) atoms. The van der Waals surface area contributed by atoms with E-state index in [2.05, 4.69) is 15.9 Å². The second-order valence-corrected chi connectivity index (χ2v) is 7.92. The van der Waals surface area contributed by atoms with Gasteiger partial charge in [-0.15, -0.1) is 0 Å². The first kappa shape index (κ1) is 19.5. The molecule has 1 atom stereocenters. The third kappa shape index (κ3) is 3.73. The molecular formula is C22H15BrClNO4. The van der Waals surface area contributed by atoms with Gasteiger partial charge in [0.1, 0.15) is 11.5 Å². The fourth-order valence-corrected chi connectivity index (χ4v) is 3.76. The fourth-order valence-electron chi connectivity index (χ4n) is 3.37. The number of furan rings is 1. The van der Waals surface area contributed by atoms with Crippen LogP contribution in [0.1, 0.15) is 22.9 Å². The van der Waals surface area contributed by atoms with Gasteiger partial charge in [0.15, 0.2) is 0 Å². The van der Waals surface area contributed by atoms with Crippen molar-refractivity contribution >= 4 is 45.0 Å². The zero-order valence-electron chi connectivity index (χ0n) is 15.0. The summed E-state index contributed by atoms with van der Waals surface area (Å²) in [7, 11) is 0. The summed E-state index contributed by atoms with van der Waals surface area (Å²) in [6.45, 7) is 0.0992. The van der Waals surface area contributed by atoms with Crippen LogP contribution in [0.15, 0.2) is 81.4 Å². The molecule has 0 aliphatic carbocycles. The fraction of sp³-hybridized carbons (Fsp3) is 0.0909. The summed E-state index contributed by atoms with van der Waals surface area (Å²) in [6, 6.07) is 16.4. The maximum atomic E-state index is 12.9. The van der Waals surface area contributed by atoms with Crippen LogP contribution in [0.25, 0.3) is 5.76 Å². The van der Waals surface area contributed by atoms with Crippen LogP contribution >= 0.6 is 27.5 Å². The number of nitrogens with zero attached hydrogens (tertiary/aromatic N) is 1. The van der Waals surface area contributed by atoms with E-state index in [-0.39, 0.29) is 17.9 Å². The number of aliphatic hydroxyl groups excluding tert-OH is 1. The predicted octanol–water partition coefficient (Wildman–Crippen LogP) is 5.32. The lowest BCUT2D eigenvalue weighted by atomic mass is 9.95. The third-order valence-corrected chi connectivity index (χ3v) is 5.53. The van der Waals surface area contributed by atoms with E-state index < -0.39 is 17.7 Å². The Hall–Kier alpha value is -2.83. The Labute approximate surface area is 180 Å². The number of aliphatic hydroxyl groups is 1. The number of halogens is 2. The van der Waals surface area contributed by atoms with Crippen LogP contribution in [-0.2, 0) is 16.1 Å². The van der Waals surface area contributed by atoms with Crippen molar-refractivity contribution in [1.82, 2.24) is 4.90 Å². The first-order valence-electron chi connectivity index (χ1n) is 8.78. The maximum absolute atomic E-state index is 12.9. The number of carbonyl (C=O) groups excluding carboxylic acids is 2. The number of Topliss-reactive ketones (excluding diaryl/α,β-unsaturated/α-hetero) is 1. The number of rotatable bonds is 4. The van der Waals surface area contributed by atoms with E-state index in [0.29, 0.717) is 21.9 Å². The summed E-state index contributed by atoms with van der Waals surface area (Å²) >= 11 is 9.36. The van der Waals surface area contributed by atoms with E-state index in [9.17, 15) is 14.7 Å². The van der Waals surface area contributed by atoms with E-state index in [0.717, 1.165) is 4.47 Å². The quantitative estimate of drug-likeness (QED) is 0.317. The van der Waals surface area contributed by atoms with Crippen LogP contribution < -0.4 is 0 Å². The van der Waals surface area contributed by atoms with Gasteiger partial charge in [0, 0.05) is 15.1 Å². The largest absolute Gasteiger partial charge is 0.507 e. The summed E-state index contributed by atoms with van der Waals surface area (Å²) < 4.78 is 6.20. The number of benzene rings is 2. The molecule has 1 aliphatic heterocycles. The van der Waals surface area contributed by atoms with Crippen molar-refractivity contribution in [2.45, 2.75) is 12.6 Å². The molecule has 5 nitrogen and oxygen atoms in total. The van der Waals surface area contributed by atoms with Crippen molar-refractivity contribution < 1.29 is 19.1 Å². The molecule has 2 aromatic carbocycles. The third-order valence-electron chi connectivity index (χ3n) is 4.75. The van der Waals surface area contributed by atoms with E-state index in [1.165, 1.54) is 11.2 Å². The van der Waals surface area contributed by atoms with Gasteiger partial charge in [-0.1, -0.05) is 51.8 Å². The predicted molar refractivity (Wildman–Crippen MR) is 112 cm³/mol. The van der Waals surface area contributed by atoms with Crippen molar-refractivity contribution in [2.75, 3.05) is 0 Å². The second-order valence-electron chi connectivity index (χ2n) is 6.56. The Morgan fingerprint density at radius 2 is 1.76 bits per heavy atom. The number of hydrogen-bond acceptors (Lipinski definition) is 4. The average molecular weight is 473 g/mol. The van der Waals surface area contributed by atoms with Crippen LogP contribution in [-0.4, -0.2) is 21.7 Å². The van der Waals surface area contributed by atoms with Gasteiger partial charge in [-0.3, -0.25) is 9.59 Å². The average Bonchev–Trinajstić information content (AvgIpc) is 3.31. The Balaban J connectivity index is 1.86. The molecular weight excluding hydrogens is 458 g/mol. The lowest BCUT2D eigenvalue weighted by Gasteiger charge is -2.24. The smallest absolute Gasteiger partial charge is 0.296 e. The second kappa shape index (κ2) is 7.89. The van der Waals surface area contributed by atoms with Gasteiger partial charge >= 0.3 is 0 Å². The van der Waals surface area contributed by atoms with Gasteiger partial charge < -0.3 is 14.4 Å². The van der Waals surface area contributed by atoms with Gasteiger partial charge in [0.2, 0.25) is 0 Å². The minimum absolute atomic E-state index is 0.0335. The Kier molecular flexibility index (Phi) is 5.30. The van der Waals surface area contributed by atoms with Crippen LogP contribution in [0.5, 0.6) is 0 Å². The minimum Gasteiger partial charge on any atom is -0.507 e. The summed E-state index contributed by atoms with van der Waals surface area (Å²) in [6.07, 6.45) is 1.51. The molecule has 0 spiro atoms. The van der Waals surface area contributed by atoms with Gasteiger partial charge in [0.25, 0.3) is 11.7 Å². The number of hydrogen-bond donors (Lipinski definition) is 1. The zero-order chi connectivity index (χ0) is 20.5. The first-order valence-corrected chi connectivity index (χ1v) is 9.95. The summed E-state index contributed by atoms with van der Waals surface area (Å²) in [4.78, 5) is 27.1. The molecule has 1 amide bonds. The van der Waals surface area contributed by atoms with Crippen molar-refractivity contribution in [3.8, 4) is 0 Å². The van der Waals surface area contributed by atoms with Gasteiger partial charge in [-0.25, -0.2) is 0 Å². The summed E-state index contributed by atoms with van der Waals surface area (Å²) in [5, 5.41) is 11.5. The molecule has 146 valence electrons. The van der Waals surface area contributed by atoms with Crippen molar-refractivity contribution in [3.05, 3.63) is 98.9 Å². The van der Waals surface area contributed by atoms with Gasteiger partial charge in [-0.05, 0) is 42.0 Å². The standard InChI is InChI=1S/C22H15BrClNO4/c23-15-7-3-14(4-8-15)20(26)18-19(13-5-9-16(24)10-6-13)25(22(28)21(18)27)12-17-2-1-11-29-17/h1-11,19,26H,12H2/b20-18+. The van der Waals surface area contributed by atoms with E-state index in [1.807, 2.05) is 0 Å². The highest BCUT2D eigenvalue weighted by atomic mass is 79.9. The first-order chi connectivity index (χ1) is 14.0. The number of amides is 1. The van der Waals surface area contributed by atoms with Crippen LogP contribution in [0.3, 0.4) is 0 Å². The Morgan fingerprint density at radius 3 is 2.38 bits per heavy atom. The monoisotopic (exact) mass is 471 g/mol. The molecule has 0 saturated carbocycles. The molecule has 1 N–H and O–H groups in total. The minimum atomic E-state index is -0.763. The van der Waals surface area contributed by atoms with Crippen molar-refractivity contribution in [3.63, 3.8) is 0 Å². The maximum Gasteiger partial charge on any atom is 0.296 e. The number of likely N-dealkylation sites (tertiary alicyclic amines) is 1. The molecule has 1 unspecified atom stereocenters. The molecule has 3 aromatic rings. The van der Waals surface area contributed by atoms with E-state index in [1.54, 1.807) is 60.7 Å². The van der Waals surface area contributed by atoms with Gasteiger partial charge in [0.05, 0.1) is 24.4 Å². The molecule has 7 heteroatoms. The Morgan fingerprint density at radius 1 is 1.07 bits per heavy atom. The van der Waals surface area contributed by atoms with Crippen molar-refractivity contribution in [2.24, 2.45) is 0 Å². The normalized spacial score (nSPS) is 18.4. The van der Waals surface area contributed by atoms with Gasteiger partial charge in [-0.2, -0.15) is 0 Å². The number of ketones is 1. The topological polar surface area (TPSA) is 70.8 Å². The molecule has 2 heterocycles. The molecule has 0 bridgehead atoms. The van der Waals surface area contributed by atoms with Crippen LogP contribution in [0.4, 0.5) is 0 Å². The molecule has 1 fully saturated rings. The zero-order valence-corrected chi connectivity index (χ0v) is 17.4. The SMILES string of the molecule is O=C1C(=O)N(Cc2ccco2)C(c2ccc(Cl)cc2)/C1=C(\O)c1ccc(Br)cc1. The number of carbonyl (C=O) groups is 2. The molecule has 1 aliphatic rings. The highest BCUT2D eigenvalue weighted by Gasteiger charge is 2.46. The summed E-state index contributed by atoms with van der Waals surface area (Å²) in [5.74, 6) is -1.12.